The van der Waals surface area contributed by atoms with Crippen molar-refractivity contribution < 1.29 is 9.90 Å². The smallest absolute Gasteiger partial charge is 0.317 e. The van der Waals surface area contributed by atoms with Crippen LogP contribution in [0.1, 0.15) is 6.92 Å². The first-order valence-electron chi connectivity index (χ1n) is 3.78. The zero-order valence-corrected chi connectivity index (χ0v) is 7.13. The van der Waals surface area contributed by atoms with E-state index < -0.39 is 5.97 Å². The molecule has 0 aliphatic heterocycles. The van der Waals surface area contributed by atoms with Gasteiger partial charge in [-0.25, -0.2) is 0 Å². The van der Waals surface area contributed by atoms with Crippen LogP contribution in [-0.4, -0.2) is 49.2 Å². The van der Waals surface area contributed by atoms with Crippen LogP contribution < -0.4 is 5.32 Å². The van der Waals surface area contributed by atoms with Gasteiger partial charge in [0.25, 0.3) is 0 Å². The zero-order valence-electron chi connectivity index (χ0n) is 7.13. The monoisotopic (exact) mass is 160 g/mol. The fraction of sp³-hybridized carbons (Fsp3) is 0.857. The lowest BCUT2D eigenvalue weighted by molar-refractivity contribution is -0.137. The van der Waals surface area contributed by atoms with Crippen LogP contribution in [0.2, 0.25) is 0 Å². The van der Waals surface area contributed by atoms with Crippen molar-refractivity contribution in [3.8, 4) is 0 Å². The molecule has 0 rings (SSSR count). The predicted octanol–water partition coefficient (Wildman–Crippen LogP) is -0.388. The molecule has 66 valence electrons. The molecule has 4 nitrogen and oxygen atoms in total. The minimum Gasteiger partial charge on any atom is -0.480 e. The van der Waals surface area contributed by atoms with Crippen molar-refractivity contribution in [3.05, 3.63) is 0 Å². The summed E-state index contributed by atoms with van der Waals surface area (Å²) < 4.78 is 0. The van der Waals surface area contributed by atoms with Crippen LogP contribution in [0.4, 0.5) is 0 Å². The normalized spacial score (nSPS) is 10.5. The van der Waals surface area contributed by atoms with Crippen LogP contribution in [0.5, 0.6) is 0 Å². The number of nitrogens with one attached hydrogen (secondary N) is 1. The van der Waals surface area contributed by atoms with Crippen molar-refractivity contribution in [1.29, 1.82) is 0 Å². The Morgan fingerprint density at radius 1 is 1.64 bits per heavy atom. The molecule has 0 aliphatic rings. The van der Waals surface area contributed by atoms with E-state index >= 15 is 0 Å². The third-order valence-corrected chi connectivity index (χ3v) is 1.33. The summed E-state index contributed by atoms with van der Waals surface area (Å²) in [6.45, 7) is 4.70. The first-order valence-corrected chi connectivity index (χ1v) is 3.78. The quantitative estimate of drug-likeness (QED) is 0.520. The number of aliphatic carboxylic acids is 1. The second-order valence-corrected chi connectivity index (χ2v) is 2.49. The van der Waals surface area contributed by atoms with Crippen LogP contribution in [0, 0.1) is 0 Å². The van der Waals surface area contributed by atoms with E-state index in [-0.39, 0.29) is 6.54 Å². The molecule has 0 unspecified atom stereocenters. The molecular formula is C7H16N2O2. The molecule has 0 fully saturated rings. The molecule has 0 aromatic carbocycles. The number of carboxylic acid groups (broad SMARTS) is 1. The number of carbonyl (C=O) groups is 1. The topological polar surface area (TPSA) is 52.6 Å². The van der Waals surface area contributed by atoms with Gasteiger partial charge in [-0.1, -0.05) is 6.92 Å². The van der Waals surface area contributed by atoms with E-state index in [1.54, 1.807) is 11.9 Å². The molecule has 2 N–H and O–H groups in total. The second kappa shape index (κ2) is 6.12. The minimum absolute atomic E-state index is 0.116. The van der Waals surface area contributed by atoms with Gasteiger partial charge >= 0.3 is 5.97 Å². The van der Waals surface area contributed by atoms with Gasteiger partial charge in [-0.2, -0.15) is 0 Å². The number of hydrogen-bond donors (Lipinski definition) is 2. The lowest BCUT2D eigenvalue weighted by atomic mass is 10.5. The van der Waals surface area contributed by atoms with Gasteiger partial charge in [0.05, 0.1) is 6.54 Å². The van der Waals surface area contributed by atoms with Gasteiger partial charge in [0.15, 0.2) is 0 Å². The molecule has 0 bridgehead atoms. The highest BCUT2D eigenvalue weighted by molar-refractivity contribution is 5.68. The summed E-state index contributed by atoms with van der Waals surface area (Å²) in [5.41, 5.74) is 0. The van der Waals surface area contributed by atoms with Crippen LogP contribution >= 0.6 is 0 Å². The van der Waals surface area contributed by atoms with E-state index in [2.05, 4.69) is 5.32 Å². The fourth-order valence-corrected chi connectivity index (χ4v) is 0.757. The van der Waals surface area contributed by atoms with Gasteiger partial charge in [-0.05, 0) is 13.6 Å². The Hall–Kier alpha value is -0.610. The van der Waals surface area contributed by atoms with Crippen LogP contribution in [0.15, 0.2) is 0 Å². The van der Waals surface area contributed by atoms with Crippen molar-refractivity contribution in [2.45, 2.75) is 6.92 Å². The molecule has 0 saturated heterocycles. The number of rotatable bonds is 6. The van der Waals surface area contributed by atoms with Gasteiger partial charge < -0.3 is 10.4 Å². The van der Waals surface area contributed by atoms with Crippen LogP contribution in [0.3, 0.4) is 0 Å². The molecule has 4 heteroatoms. The maximum atomic E-state index is 10.2. The Balaban J connectivity index is 3.22. The van der Waals surface area contributed by atoms with Gasteiger partial charge in [-0.3, -0.25) is 9.69 Å². The molecule has 0 amide bonds. The van der Waals surface area contributed by atoms with Gasteiger partial charge in [0.1, 0.15) is 0 Å². The molecule has 0 heterocycles. The Morgan fingerprint density at radius 3 is 2.73 bits per heavy atom. The average Bonchev–Trinajstić information content (AvgIpc) is 1.86. The molecule has 0 saturated carbocycles. The van der Waals surface area contributed by atoms with Crippen molar-refractivity contribution >= 4 is 5.97 Å². The lowest BCUT2D eigenvalue weighted by Crippen LogP contribution is -2.32. The van der Waals surface area contributed by atoms with Crippen LogP contribution in [0.25, 0.3) is 0 Å². The zero-order chi connectivity index (χ0) is 8.69. The molecule has 11 heavy (non-hydrogen) atoms. The summed E-state index contributed by atoms with van der Waals surface area (Å²) in [6, 6.07) is 0. The summed E-state index contributed by atoms with van der Waals surface area (Å²) >= 11 is 0. The molecule has 0 aliphatic carbocycles. The Morgan fingerprint density at radius 2 is 2.27 bits per heavy atom. The van der Waals surface area contributed by atoms with Gasteiger partial charge in [-0.15, -0.1) is 0 Å². The maximum absolute atomic E-state index is 10.2. The number of carboxylic acids is 1. The van der Waals surface area contributed by atoms with E-state index in [1.165, 1.54) is 0 Å². The first kappa shape index (κ1) is 10.4. The Bertz CT molecular complexity index is 117. The third kappa shape index (κ3) is 7.29. The Kier molecular flexibility index (Phi) is 5.78. The van der Waals surface area contributed by atoms with Crippen molar-refractivity contribution in [2.75, 3.05) is 33.2 Å². The minimum atomic E-state index is -0.774. The van der Waals surface area contributed by atoms with Crippen molar-refractivity contribution in [1.82, 2.24) is 10.2 Å². The van der Waals surface area contributed by atoms with E-state index in [0.29, 0.717) is 0 Å². The summed E-state index contributed by atoms with van der Waals surface area (Å²) in [7, 11) is 1.80. The van der Waals surface area contributed by atoms with Gasteiger partial charge in [0, 0.05) is 13.1 Å². The molecule has 0 radical (unpaired) electrons. The molecule has 0 aromatic rings. The van der Waals surface area contributed by atoms with E-state index in [1.807, 2.05) is 6.92 Å². The van der Waals surface area contributed by atoms with Crippen LogP contribution in [-0.2, 0) is 4.79 Å². The van der Waals surface area contributed by atoms with Gasteiger partial charge in [0.2, 0.25) is 0 Å². The standard InChI is InChI=1S/C7H16N2O2/c1-3-8-4-5-9(2)6-7(10)11/h8H,3-6H2,1-2H3,(H,10,11). The third-order valence-electron chi connectivity index (χ3n) is 1.33. The second-order valence-electron chi connectivity index (χ2n) is 2.49. The molecule has 0 spiro atoms. The van der Waals surface area contributed by atoms with E-state index in [0.717, 1.165) is 19.6 Å². The lowest BCUT2D eigenvalue weighted by Gasteiger charge is -2.13. The van der Waals surface area contributed by atoms with Crippen molar-refractivity contribution in [3.63, 3.8) is 0 Å². The number of likely N-dealkylation sites (N-methyl/N-ethyl adjacent to an activating group) is 2. The van der Waals surface area contributed by atoms with Crippen molar-refractivity contribution in [2.24, 2.45) is 0 Å². The SMILES string of the molecule is CCNCCN(C)CC(=O)O. The highest BCUT2D eigenvalue weighted by Crippen LogP contribution is 1.79. The average molecular weight is 160 g/mol. The summed E-state index contributed by atoms with van der Waals surface area (Å²) in [5, 5.41) is 11.5. The Labute approximate surface area is 67.2 Å². The molecule has 0 atom stereocenters. The maximum Gasteiger partial charge on any atom is 0.317 e. The van der Waals surface area contributed by atoms with E-state index in [9.17, 15) is 4.79 Å². The first-order chi connectivity index (χ1) is 5.16. The largest absolute Gasteiger partial charge is 0.480 e. The highest BCUT2D eigenvalue weighted by atomic mass is 16.4. The number of nitrogens with zero attached hydrogens (tertiary/aromatic N) is 1. The number of hydrogen-bond acceptors (Lipinski definition) is 3. The predicted molar refractivity (Wildman–Crippen MR) is 43.7 cm³/mol. The summed E-state index contributed by atoms with van der Waals surface area (Å²) in [4.78, 5) is 11.9. The molecular weight excluding hydrogens is 144 g/mol. The fourth-order valence-electron chi connectivity index (χ4n) is 0.757. The molecule has 0 aromatic heterocycles. The summed E-state index contributed by atoms with van der Waals surface area (Å²) in [6.07, 6.45) is 0. The summed E-state index contributed by atoms with van der Waals surface area (Å²) in [5.74, 6) is -0.774. The van der Waals surface area contributed by atoms with E-state index in [4.69, 9.17) is 5.11 Å². The highest BCUT2D eigenvalue weighted by Gasteiger charge is 2.01.